The summed E-state index contributed by atoms with van der Waals surface area (Å²) in [7, 11) is 1.47. The van der Waals surface area contributed by atoms with E-state index in [2.05, 4.69) is 4.90 Å². The van der Waals surface area contributed by atoms with E-state index < -0.39 is 23.0 Å². The molecule has 2 aromatic rings. The zero-order valence-electron chi connectivity index (χ0n) is 19.1. The second-order valence-corrected chi connectivity index (χ2v) is 8.64. The second-order valence-electron chi connectivity index (χ2n) is 8.64. The maximum atomic E-state index is 14.9. The number of carbonyl (C=O) groups excluding carboxylic acids is 3. The number of rotatable bonds is 7. The number of piperazine rings is 1. The molecule has 2 aromatic carbocycles. The average molecular weight is 470 g/mol. The van der Waals surface area contributed by atoms with Gasteiger partial charge in [0.2, 0.25) is 17.7 Å². The van der Waals surface area contributed by atoms with E-state index in [4.69, 9.17) is 4.74 Å². The maximum absolute atomic E-state index is 14.9. The Morgan fingerprint density at radius 2 is 1.74 bits per heavy atom. The predicted molar refractivity (Wildman–Crippen MR) is 123 cm³/mol. The summed E-state index contributed by atoms with van der Waals surface area (Å²) in [6.07, 6.45) is -0.531. The molecule has 8 nitrogen and oxygen atoms in total. The van der Waals surface area contributed by atoms with Gasteiger partial charge in [-0.2, -0.15) is 0 Å². The monoisotopic (exact) mass is 469 g/mol. The molecular formula is C25H28FN3O5. The molecule has 2 heterocycles. The normalized spacial score (nSPS) is 20.8. The third-order valence-corrected chi connectivity index (χ3v) is 6.62. The quantitative estimate of drug-likeness (QED) is 0.623. The van der Waals surface area contributed by atoms with Crippen molar-refractivity contribution < 1.29 is 28.6 Å². The Labute approximate surface area is 197 Å². The second kappa shape index (κ2) is 9.80. The first-order chi connectivity index (χ1) is 16.4. The fourth-order valence-corrected chi connectivity index (χ4v) is 4.75. The minimum Gasteiger partial charge on any atom is -0.508 e. The number of amides is 3. The van der Waals surface area contributed by atoms with Gasteiger partial charge in [-0.25, -0.2) is 4.39 Å². The van der Waals surface area contributed by atoms with Crippen LogP contribution in [0.5, 0.6) is 5.75 Å². The first kappa shape index (κ1) is 23.7. The standard InChI is InChI=1S/C25H28FN3O5/c1-34-15-14-29-23(32)17-25(24(29)33,20-4-2-3-5-21(20)26)16-22(31)28-12-10-27(11-13-28)18-6-8-19(30)9-7-18/h2-9,30H,10-17H2,1H3/t25-/m1/s1. The lowest BCUT2D eigenvalue weighted by Crippen LogP contribution is -2.51. The number of anilines is 1. The number of phenols is 1. The van der Waals surface area contributed by atoms with E-state index in [0.717, 1.165) is 10.6 Å². The summed E-state index contributed by atoms with van der Waals surface area (Å²) in [5.41, 5.74) is -0.552. The minimum absolute atomic E-state index is 0.0594. The zero-order valence-corrected chi connectivity index (χ0v) is 19.1. The van der Waals surface area contributed by atoms with Crippen molar-refractivity contribution in [1.82, 2.24) is 9.80 Å². The first-order valence-electron chi connectivity index (χ1n) is 11.3. The van der Waals surface area contributed by atoms with E-state index in [1.54, 1.807) is 23.1 Å². The highest BCUT2D eigenvalue weighted by Crippen LogP contribution is 2.41. The van der Waals surface area contributed by atoms with Gasteiger partial charge in [-0.15, -0.1) is 0 Å². The average Bonchev–Trinajstić information content (AvgIpc) is 3.07. The van der Waals surface area contributed by atoms with Crippen LogP contribution in [0.2, 0.25) is 0 Å². The molecule has 1 N–H and O–H groups in total. The van der Waals surface area contributed by atoms with E-state index >= 15 is 0 Å². The van der Waals surface area contributed by atoms with E-state index in [1.807, 2.05) is 12.1 Å². The topological polar surface area (TPSA) is 90.4 Å². The van der Waals surface area contributed by atoms with Crippen LogP contribution in [-0.4, -0.2) is 79.1 Å². The number of aromatic hydroxyl groups is 1. The Balaban J connectivity index is 1.53. The van der Waals surface area contributed by atoms with Crippen LogP contribution >= 0.6 is 0 Å². The molecule has 3 amide bonds. The highest BCUT2D eigenvalue weighted by molar-refractivity contribution is 6.10. The van der Waals surface area contributed by atoms with Crippen LogP contribution in [0.1, 0.15) is 18.4 Å². The Hall–Kier alpha value is -3.46. The van der Waals surface area contributed by atoms with Crippen LogP contribution in [0.3, 0.4) is 0 Å². The largest absolute Gasteiger partial charge is 0.508 e. The SMILES string of the molecule is COCCN1C(=O)C[C@](CC(=O)N2CCN(c3ccc(O)cc3)CC2)(c2ccccc2F)C1=O. The van der Waals surface area contributed by atoms with Crippen molar-refractivity contribution in [3.63, 3.8) is 0 Å². The van der Waals surface area contributed by atoms with Gasteiger partial charge in [-0.05, 0) is 30.3 Å². The number of nitrogens with zero attached hydrogens (tertiary/aromatic N) is 3. The van der Waals surface area contributed by atoms with E-state index in [1.165, 1.54) is 25.3 Å². The summed E-state index contributed by atoms with van der Waals surface area (Å²) in [6.45, 7) is 2.25. The van der Waals surface area contributed by atoms with Gasteiger partial charge < -0.3 is 19.6 Å². The van der Waals surface area contributed by atoms with Crippen LogP contribution < -0.4 is 4.90 Å². The smallest absolute Gasteiger partial charge is 0.241 e. The summed E-state index contributed by atoms with van der Waals surface area (Å²) in [5, 5.41) is 9.49. The number of phenolic OH excluding ortho intramolecular Hbond substituents is 1. The van der Waals surface area contributed by atoms with Gasteiger partial charge in [0, 0.05) is 57.4 Å². The molecule has 0 unspecified atom stereocenters. The zero-order chi connectivity index (χ0) is 24.3. The van der Waals surface area contributed by atoms with Crippen molar-refractivity contribution in [2.24, 2.45) is 0 Å². The third-order valence-electron chi connectivity index (χ3n) is 6.62. The number of ether oxygens (including phenoxy) is 1. The van der Waals surface area contributed by atoms with Crippen LogP contribution in [0.4, 0.5) is 10.1 Å². The van der Waals surface area contributed by atoms with Crippen molar-refractivity contribution in [2.45, 2.75) is 18.3 Å². The van der Waals surface area contributed by atoms with Gasteiger partial charge in [-0.1, -0.05) is 18.2 Å². The van der Waals surface area contributed by atoms with E-state index in [-0.39, 0.29) is 43.2 Å². The van der Waals surface area contributed by atoms with Gasteiger partial charge in [0.1, 0.15) is 11.6 Å². The van der Waals surface area contributed by atoms with Gasteiger partial charge >= 0.3 is 0 Å². The summed E-state index contributed by atoms with van der Waals surface area (Å²) < 4.78 is 19.9. The molecule has 2 fully saturated rings. The summed E-state index contributed by atoms with van der Waals surface area (Å²) in [5.74, 6) is -1.71. The summed E-state index contributed by atoms with van der Waals surface area (Å²) in [6, 6.07) is 12.7. The Kier molecular flexibility index (Phi) is 6.83. The molecule has 9 heteroatoms. The van der Waals surface area contributed by atoms with Crippen LogP contribution in [0.25, 0.3) is 0 Å². The molecule has 2 aliphatic rings. The molecule has 2 aliphatic heterocycles. The van der Waals surface area contributed by atoms with Crippen molar-refractivity contribution in [3.8, 4) is 5.75 Å². The molecule has 180 valence electrons. The number of hydrogen-bond donors (Lipinski definition) is 1. The lowest BCUT2D eigenvalue weighted by Gasteiger charge is -2.37. The van der Waals surface area contributed by atoms with E-state index in [9.17, 15) is 23.9 Å². The lowest BCUT2D eigenvalue weighted by atomic mass is 9.75. The van der Waals surface area contributed by atoms with Crippen molar-refractivity contribution in [3.05, 3.63) is 59.9 Å². The van der Waals surface area contributed by atoms with Crippen LogP contribution in [0, 0.1) is 5.82 Å². The Morgan fingerprint density at radius 3 is 2.38 bits per heavy atom. The number of halogens is 1. The number of benzene rings is 2. The first-order valence-corrected chi connectivity index (χ1v) is 11.3. The molecule has 2 saturated heterocycles. The highest BCUT2D eigenvalue weighted by Gasteiger charge is 2.55. The Morgan fingerprint density at radius 1 is 1.06 bits per heavy atom. The number of methoxy groups -OCH3 is 1. The van der Waals surface area contributed by atoms with Crippen molar-refractivity contribution in [2.75, 3.05) is 51.3 Å². The predicted octanol–water partition coefficient (Wildman–Crippen LogP) is 1.91. The summed E-state index contributed by atoms with van der Waals surface area (Å²) >= 11 is 0. The van der Waals surface area contributed by atoms with Crippen LogP contribution in [-0.2, 0) is 24.5 Å². The molecular weight excluding hydrogens is 441 g/mol. The number of carbonyl (C=O) groups is 3. The number of likely N-dealkylation sites (tertiary alicyclic amines) is 1. The minimum atomic E-state index is -1.57. The number of imide groups is 1. The van der Waals surface area contributed by atoms with E-state index in [0.29, 0.717) is 26.2 Å². The lowest BCUT2D eigenvalue weighted by molar-refractivity contribution is -0.143. The number of hydrogen-bond acceptors (Lipinski definition) is 6. The van der Waals surface area contributed by atoms with Crippen molar-refractivity contribution >= 4 is 23.4 Å². The fraction of sp³-hybridized carbons (Fsp3) is 0.400. The van der Waals surface area contributed by atoms with Gasteiger partial charge in [0.15, 0.2) is 0 Å². The molecule has 0 aliphatic carbocycles. The molecule has 4 rings (SSSR count). The molecule has 0 aromatic heterocycles. The molecule has 34 heavy (non-hydrogen) atoms. The van der Waals surface area contributed by atoms with Crippen molar-refractivity contribution in [1.29, 1.82) is 0 Å². The van der Waals surface area contributed by atoms with Gasteiger partial charge in [0.25, 0.3) is 0 Å². The van der Waals surface area contributed by atoms with Gasteiger partial charge in [-0.3, -0.25) is 19.3 Å². The molecule has 0 bridgehead atoms. The molecule has 1 atom stereocenters. The molecule has 0 radical (unpaired) electrons. The van der Waals surface area contributed by atoms with Crippen LogP contribution in [0.15, 0.2) is 48.5 Å². The summed E-state index contributed by atoms with van der Waals surface area (Å²) in [4.78, 5) is 44.4. The molecule has 0 saturated carbocycles. The highest BCUT2D eigenvalue weighted by atomic mass is 19.1. The maximum Gasteiger partial charge on any atom is 0.241 e. The third kappa shape index (κ3) is 4.48. The fourth-order valence-electron chi connectivity index (χ4n) is 4.75. The molecule has 0 spiro atoms. The van der Waals surface area contributed by atoms with Gasteiger partial charge in [0.05, 0.1) is 18.6 Å². The Bertz CT molecular complexity index is 1070.